The number of halogens is 1. The summed E-state index contributed by atoms with van der Waals surface area (Å²) in [6.07, 6.45) is 3.85. The SMILES string of the molecule is CC1CCC(CNCc2cccc(C#N)c2F)C1. The van der Waals surface area contributed by atoms with Crippen LogP contribution in [0.5, 0.6) is 0 Å². The van der Waals surface area contributed by atoms with Gasteiger partial charge in [0.25, 0.3) is 0 Å². The van der Waals surface area contributed by atoms with Crippen molar-refractivity contribution in [2.45, 2.75) is 32.7 Å². The first kappa shape index (κ1) is 13.0. The van der Waals surface area contributed by atoms with E-state index in [4.69, 9.17) is 5.26 Å². The molecule has 2 nitrogen and oxygen atoms in total. The lowest BCUT2D eigenvalue weighted by Gasteiger charge is -2.11. The van der Waals surface area contributed by atoms with Crippen LogP contribution < -0.4 is 5.32 Å². The number of nitrogens with zero attached hydrogens (tertiary/aromatic N) is 1. The summed E-state index contributed by atoms with van der Waals surface area (Å²) in [6.45, 7) is 3.74. The topological polar surface area (TPSA) is 35.8 Å². The average Bonchev–Trinajstić information content (AvgIpc) is 2.77. The first-order valence-electron chi connectivity index (χ1n) is 6.59. The Bertz CT molecular complexity index is 450. The molecular formula is C15H19FN2. The molecule has 1 aliphatic rings. The van der Waals surface area contributed by atoms with Crippen LogP contribution in [0.15, 0.2) is 18.2 Å². The molecule has 1 fully saturated rings. The fourth-order valence-electron chi connectivity index (χ4n) is 2.72. The molecule has 0 saturated heterocycles. The Morgan fingerprint density at radius 3 is 2.94 bits per heavy atom. The van der Waals surface area contributed by atoms with E-state index in [1.54, 1.807) is 12.1 Å². The molecule has 0 amide bonds. The number of hydrogen-bond donors (Lipinski definition) is 1. The van der Waals surface area contributed by atoms with Crippen LogP contribution in [0.2, 0.25) is 0 Å². The van der Waals surface area contributed by atoms with Crippen molar-refractivity contribution in [3.63, 3.8) is 0 Å². The zero-order chi connectivity index (χ0) is 13.0. The molecule has 1 aliphatic carbocycles. The highest BCUT2D eigenvalue weighted by Crippen LogP contribution is 2.29. The van der Waals surface area contributed by atoms with Gasteiger partial charge in [-0.3, -0.25) is 0 Å². The lowest BCUT2D eigenvalue weighted by Crippen LogP contribution is -2.21. The molecule has 1 saturated carbocycles. The molecule has 1 N–H and O–H groups in total. The van der Waals surface area contributed by atoms with Gasteiger partial charge in [0.15, 0.2) is 0 Å². The number of nitriles is 1. The van der Waals surface area contributed by atoms with Crippen LogP contribution in [0, 0.1) is 29.0 Å². The molecule has 18 heavy (non-hydrogen) atoms. The van der Waals surface area contributed by atoms with Gasteiger partial charge < -0.3 is 5.32 Å². The van der Waals surface area contributed by atoms with Crippen LogP contribution in [-0.4, -0.2) is 6.54 Å². The fraction of sp³-hybridized carbons (Fsp3) is 0.533. The third-order valence-electron chi connectivity index (χ3n) is 3.75. The van der Waals surface area contributed by atoms with Crippen molar-refractivity contribution in [1.82, 2.24) is 5.32 Å². The smallest absolute Gasteiger partial charge is 0.145 e. The number of hydrogen-bond acceptors (Lipinski definition) is 2. The molecular weight excluding hydrogens is 227 g/mol. The highest BCUT2D eigenvalue weighted by molar-refractivity contribution is 5.34. The van der Waals surface area contributed by atoms with Gasteiger partial charge in [0.2, 0.25) is 0 Å². The van der Waals surface area contributed by atoms with Crippen molar-refractivity contribution in [1.29, 1.82) is 5.26 Å². The van der Waals surface area contributed by atoms with Crippen LogP contribution in [-0.2, 0) is 6.54 Å². The first-order chi connectivity index (χ1) is 8.70. The number of nitrogens with one attached hydrogen (secondary N) is 1. The van der Waals surface area contributed by atoms with Crippen molar-refractivity contribution >= 4 is 0 Å². The molecule has 0 radical (unpaired) electrons. The van der Waals surface area contributed by atoms with Crippen LogP contribution in [0.3, 0.4) is 0 Å². The Morgan fingerprint density at radius 1 is 1.44 bits per heavy atom. The average molecular weight is 246 g/mol. The van der Waals surface area contributed by atoms with Crippen molar-refractivity contribution in [2.24, 2.45) is 11.8 Å². The monoisotopic (exact) mass is 246 g/mol. The van der Waals surface area contributed by atoms with Gasteiger partial charge in [-0.1, -0.05) is 25.5 Å². The van der Waals surface area contributed by atoms with Gasteiger partial charge in [0.05, 0.1) is 5.56 Å². The lowest BCUT2D eigenvalue weighted by atomic mass is 10.1. The molecule has 2 unspecified atom stereocenters. The Kier molecular flexibility index (Phi) is 4.33. The molecule has 1 aromatic carbocycles. The van der Waals surface area contributed by atoms with Gasteiger partial charge in [-0.25, -0.2) is 4.39 Å². The Labute approximate surface area is 108 Å². The predicted molar refractivity (Wildman–Crippen MR) is 69.3 cm³/mol. The van der Waals surface area contributed by atoms with Crippen LogP contribution in [0.1, 0.15) is 37.3 Å². The summed E-state index contributed by atoms with van der Waals surface area (Å²) in [5.74, 6) is 1.17. The van der Waals surface area contributed by atoms with Crippen LogP contribution >= 0.6 is 0 Å². The van der Waals surface area contributed by atoms with Gasteiger partial charge in [-0.15, -0.1) is 0 Å². The number of benzene rings is 1. The second-order valence-corrected chi connectivity index (χ2v) is 5.31. The molecule has 96 valence electrons. The van der Waals surface area contributed by atoms with Crippen molar-refractivity contribution < 1.29 is 4.39 Å². The van der Waals surface area contributed by atoms with Crippen molar-refractivity contribution in [2.75, 3.05) is 6.54 Å². The molecule has 1 aromatic rings. The van der Waals surface area contributed by atoms with E-state index in [0.717, 1.165) is 18.4 Å². The Balaban J connectivity index is 1.85. The third kappa shape index (κ3) is 3.08. The molecule has 0 bridgehead atoms. The standard InChI is InChI=1S/C15H19FN2/c1-11-5-6-12(7-11)9-18-10-14-4-2-3-13(8-17)15(14)16/h2-4,11-12,18H,5-7,9-10H2,1H3. The lowest BCUT2D eigenvalue weighted by molar-refractivity contribution is 0.466. The summed E-state index contributed by atoms with van der Waals surface area (Å²) >= 11 is 0. The minimum Gasteiger partial charge on any atom is -0.312 e. The van der Waals surface area contributed by atoms with E-state index in [2.05, 4.69) is 12.2 Å². The summed E-state index contributed by atoms with van der Waals surface area (Å²) in [6, 6.07) is 6.85. The quantitative estimate of drug-likeness (QED) is 0.885. The van der Waals surface area contributed by atoms with Gasteiger partial charge in [0.1, 0.15) is 11.9 Å². The van der Waals surface area contributed by atoms with Gasteiger partial charge in [0, 0.05) is 12.1 Å². The van der Waals surface area contributed by atoms with Crippen molar-refractivity contribution in [3.05, 3.63) is 35.1 Å². The number of rotatable bonds is 4. The van der Waals surface area contributed by atoms with Crippen LogP contribution in [0.4, 0.5) is 4.39 Å². The summed E-state index contributed by atoms with van der Waals surface area (Å²) in [4.78, 5) is 0. The fourth-order valence-corrected chi connectivity index (χ4v) is 2.72. The molecule has 2 atom stereocenters. The summed E-state index contributed by atoms with van der Waals surface area (Å²) in [5.41, 5.74) is 0.712. The van der Waals surface area contributed by atoms with Crippen LogP contribution in [0.25, 0.3) is 0 Å². The molecule has 2 rings (SSSR count). The molecule has 3 heteroatoms. The molecule has 0 heterocycles. The minimum atomic E-state index is -0.382. The summed E-state index contributed by atoms with van der Waals surface area (Å²) in [7, 11) is 0. The van der Waals surface area contributed by atoms with Gasteiger partial charge in [-0.05, 0) is 37.3 Å². The van der Waals surface area contributed by atoms with E-state index < -0.39 is 0 Å². The van der Waals surface area contributed by atoms with E-state index >= 15 is 0 Å². The van der Waals surface area contributed by atoms with E-state index in [-0.39, 0.29) is 11.4 Å². The maximum absolute atomic E-state index is 13.8. The zero-order valence-electron chi connectivity index (χ0n) is 10.7. The normalized spacial score (nSPS) is 22.9. The molecule has 0 aromatic heterocycles. The maximum atomic E-state index is 13.8. The van der Waals surface area contributed by atoms with E-state index in [1.165, 1.54) is 25.3 Å². The molecule has 0 aliphatic heterocycles. The third-order valence-corrected chi connectivity index (χ3v) is 3.75. The zero-order valence-corrected chi connectivity index (χ0v) is 10.7. The summed E-state index contributed by atoms with van der Waals surface area (Å²) in [5, 5.41) is 12.1. The Hall–Kier alpha value is -1.40. The highest BCUT2D eigenvalue weighted by atomic mass is 19.1. The maximum Gasteiger partial charge on any atom is 0.145 e. The molecule has 0 spiro atoms. The largest absolute Gasteiger partial charge is 0.312 e. The predicted octanol–water partition coefficient (Wildman–Crippen LogP) is 3.22. The van der Waals surface area contributed by atoms with Gasteiger partial charge >= 0.3 is 0 Å². The van der Waals surface area contributed by atoms with E-state index in [9.17, 15) is 4.39 Å². The first-order valence-corrected chi connectivity index (χ1v) is 6.59. The van der Waals surface area contributed by atoms with E-state index in [1.807, 2.05) is 6.07 Å². The second kappa shape index (κ2) is 5.97. The van der Waals surface area contributed by atoms with Crippen molar-refractivity contribution in [3.8, 4) is 6.07 Å². The highest BCUT2D eigenvalue weighted by Gasteiger charge is 2.20. The summed E-state index contributed by atoms with van der Waals surface area (Å²) < 4.78 is 13.8. The van der Waals surface area contributed by atoms with Gasteiger partial charge in [-0.2, -0.15) is 5.26 Å². The second-order valence-electron chi connectivity index (χ2n) is 5.31. The Morgan fingerprint density at radius 2 is 2.28 bits per heavy atom. The minimum absolute atomic E-state index is 0.129. The van der Waals surface area contributed by atoms with E-state index in [0.29, 0.717) is 12.1 Å².